The molecule has 18 heavy (non-hydrogen) atoms. The van der Waals surface area contributed by atoms with Gasteiger partial charge in [-0.25, -0.2) is 15.0 Å². The molecule has 98 valence electrons. The highest BCUT2D eigenvalue weighted by molar-refractivity contribution is 5.67. The highest BCUT2D eigenvalue weighted by atomic mass is 16.4. The molecule has 0 aromatic carbocycles. The molecule has 2 aromatic rings. The minimum absolute atomic E-state index is 0.137. The second kappa shape index (κ2) is 7.43. The maximum Gasteiger partial charge on any atom is 0.180 e. The number of fused-ring (bicyclic) bond motifs is 1. The van der Waals surface area contributed by atoms with E-state index >= 15 is 0 Å². The van der Waals surface area contributed by atoms with E-state index in [-0.39, 0.29) is 6.42 Å². The highest BCUT2D eigenvalue weighted by Gasteiger charge is 2.13. The molecular formula is C10H14N4O4. The van der Waals surface area contributed by atoms with Gasteiger partial charge in [0.05, 0.1) is 25.2 Å². The second-order valence-electron chi connectivity index (χ2n) is 3.38. The summed E-state index contributed by atoms with van der Waals surface area (Å²) in [4.78, 5) is 24.2. The molecule has 8 heteroatoms. The van der Waals surface area contributed by atoms with Crippen LogP contribution >= 0.6 is 0 Å². The molecular weight excluding hydrogens is 240 g/mol. The van der Waals surface area contributed by atoms with Crippen molar-refractivity contribution < 1.29 is 20.1 Å². The van der Waals surface area contributed by atoms with Crippen LogP contribution in [0, 0.1) is 0 Å². The molecule has 2 rings (SSSR count). The van der Waals surface area contributed by atoms with E-state index in [1.165, 1.54) is 6.33 Å². The first-order chi connectivity index (χ1) is 8.69. The van der Waals surface area contributed by atoms with Gasteiger partial charge in [0.25, 0.3) is 0 Å². The number of hydrogen-bond donors (Lipinski definition) is 4. The molecule has 0 aliphatic heterocycles. The first-order valence-electron chi connectivity index (χ1n) is 5.18. The van der Waals surface area contributed by atoms with Gasteiger partial charge in [-0.1, -0.05) is 0 Å². The van der Waals surface area contributed by atoms with Crippen molar-refractivity contribution in [2.75, 3.05) is 6.61 Å². The van der Waals surface area contributed by atoms with Crippen LogP contribution in [-0.2, 0) is 4.79 Å². The number of aliphatic hydroxyl groups is 3. The van der Waals surface area contributed by atoms with Gasteiger partial charge in [-0.15, -0.1) is 0 Å². The van der Waals surface area contributed by atoms with E-state index in [1.54, 1.807) is 12.5 Å². The molecule has 0 bridgehead atoms. The van der Waals surface area contributed by atoms with Crippen LogP contribution in [0.15, 0.2) is 18.9 Å². The molecule has 0 saturated heterocycles. The Kier molecular flexibility index (Phi) is 5.85. The molecule has 0 amide bonds. The molecule has 0 fully saturated rings. The number of aldehydes is 1. The largest absolute Gasteiger partial charge is 0.394 e. The van der Waals surface area contributed by atoms with E-state index in [0.717, 1.165) is 5.52 Å². The molecule has 0 aliphatic rings. The highest BCUT2D eigenvalue weighted by Crippen LogP contribution is 1.99. The number of carbonyl (C=O) groups is 1. The van der Waals surface area contributed by atoms with Crippen LogP contribution in [0.3, 0.4) is 0 Å². The third kappa shape index (κ3) is 4.17. The Labute approximate surface area is 102 Å². The Bertz CT molecular complexity index is 445. The smallest absolute Gasteiger partial charge is 0.180 e. The minimum atomic E-state index is -1.20. The van der Waals surface area contributed by atoms with E-state index in [0.29, 0.717) is 11.9 Å². The van der Waals surface area contributed by atoms with E-state index in [2.05, 4.69) is 19.9 Å². The lowest BCUT2D eigenvalue weighted by molar-refractivity contribution is -0.111. The van der Waals surface area contributed by atoms with Crippen LogP contribution in [0.1, 0.15) is 6.42 Å². The van der Waals surface area contributed by atoms with Crippen LogP contribution in [0.25, 0.3) is 11.2 Å². The summed E-state index contributed by atoms with van der Waals surface area (Å²) in [6.07, 6.45) is 2.78. The predicted octanol–water partition coefficient (Wildman–Crippen LogP) is -1.36. The van der Waals surface area contributed by atoms with Crippen molar-refractivity contribution in [1.82, 2.24) is 19.9 Å². The Morgan fingerprint density at radius 1 is 1.33 bits per heavy atom. The van der Waals surface area contributed by atoms with Gasteiger partial charge in [-0.3, -0.25) is 0 Å². The first kappa shape index (κ1) is 14.2. The monoisotopic (exact) mass is 254 g/mol. The van der Waals surface area contributed by atoms with Crippen molar-refractivity contribution in [2.45, 2.75) is 18.6 Å². The van der Waals surface area contributed by atoms with E-state index < -0.39 is 18.8 Å². The number of rotatable bonds is 4. The number of H-pyrrole nitrogens is 1. The fraction of sp³-hybridized carbons (Fsp3) is 0.400. The van der Waals surface area contributed by atoms with Gasteiger partial charge in [-0.2, -0.15) is 0 Å². The van der Waals surface area contributed by atoms with Crippen LogP contribution in [0.2, 0.25) is 0 Å². The number of hydrogen-bond acceptors (Lipinski definition) is 7. The SMILES string of the molecule is O=CCC(O)C(O)CO.c1ncc2[nH]cnc2n1. The number of aliphatic hydroxyl groups excluding tert-OH is 3. The Balaban J connectivity index is 0.000000180. The molecule has 4 N–H and O–H groups in total. The quantitative estimate of drug-likeness (QED) is 0.495. The first-order valence-corrected chi connectivity index (χ1v) is 5.18. The number of aromatic nitrogens is 4. The normalized spacial score (nSPS) is 13.5. The average Bonchev–Trinajstić information content (AvgIpc) is 2.87. The molecule has 8 nitrogen and oxygen atoms in total. The van der Waals surface area contributed by atoms with Gasteiger partial charge in [0, 0.05) is 6.42 Å². The number of aromatic amines is 1. The Morgan fingerprint density at radius 2 is 2.11 bits per heavy atom. The Hall–Kier alpha value is -1.90. The van der Waals surface area contributed by atoms with Gasteiger partial charge in [-0.05, 0) is 0 Å². The zero-order chi connectivity index (χ0) is 13.4. The number of imidazole rings is 1. The summed E-state index contributed by atoms with van der Waals surface area (Å²) < 4.78 is 0. The predicted molar refractivity (Wildman–Crippen MR) is 61.5 cm³/mol. The lowest BCUT2D eigenvalue weighted by atomic mass is 10.2. The summed E-state index contributed by atoms with van der Waals surface area (Å²) in [5, 5.41) is 25.5. The molecule has 2 aromatic heterocycles. The van der Waals surface area contributed by atoms with E-state index in [4.69, 9.17) is 15.3 Å². The number of nitrogens with zero attached hydrogens (tertiary/aromatic N) is 3. The topological polar surface area (TPSA) is 132 Å². The zero-order valence-electron chi connectivity index (χ0n) is 9.47. The minimum Gasteiger partial charge on any atom is -0.394 e. The van der Waals surface area contributed by atoms with Gasteiger partial charge in [0.1, 0.15) is 24.2 Å². The van der Waals surface area contributed by atoms with Gasteiger partial charge >= 0.3 is 0 Å². The van der Waals surface area contributed by atoms with Crippen LogP contribution in [0.5, 0.6) is 0 Å². The van der Waals surface area contributed by atoms with E-state index in [1.807, 2.05) is 0 Å². The van der Waals surface area contributed by atoms with Crippen molar-refractivity contribution in [3.63, 3.8) is 0 Å². The number of carbonyl (C=O) groups excluding carboxylic acids is 1. The maximum atomic E-state index is 9.68. The molecule has 0 aliphatic carbocycles. The average molecular weight is 254 g/mol. The lowest BCUT2D eigenvalue weighted by Crippen LogP contribution is -2.29. The fourth-order valence-electron chi connectivity index (χ4n) is 1.07. The van der Waals surface area contributed by atoms with E-state index in [9.17, 15) is 4.79 Å². The summed E-state index contributed by atoms with van der Waals surface area (Å²) in [6.45, 7) is -0.519. The van der Waals surface area contributed by atoms with Crippen LogP contribution in [0.4, 0.5) is 0 Å². The summed E-state index contributed by atoms with van der Waals surface area (Å²) in [5.41, 5.74) is 1.59. The van der Waals surface area contributed by atoms with Gasteiger partial charge < -0.3 is 25.1 Å². The second-order valence-corrected chi connectivity index (χ2v) is 3.38. The summed E-state index contributed by atoms with van der Waals surface area (Å²) in [5.74, 6) is 0. The molecule has 2 heterocycles. The van der Waals surface area contributed by atoms with Crippen LogP contribution < -0.4 is 0 Å². The lowest BCUT2D eigenvalue weighted by Gasteiger charge is -2.11. The van der Waals surface area contributed by atoms with Gasteiger partial charge in [0.2, 0.25) is 0 Å². The number of nitrogens with one attached hydrogen (secondary N) is 1. The summed E-state index contributed by atoms with van der Waals surface area (Å²) in [7, 11) is 0. The molecule has 2 unspecified atom stereocenters. The van der Waals surface area contributed by atoms with Gasteiger partial charge in [0.15, 0.2) is 5.65 Å². The van der Waals surface area contributed by atoms with Crippen molar-refractivity contribution in [3.05, 3.63) is 18.9 Å². The molecule has 0 spiro atoms. The van der Waals surface area contributed by atoms with Crippen molar-refractivity contribution in [1.29, 1.82) is 0 Å². The molecule has 0 saturated carbocycles. The van der Waals surface area contributed by atoms with Crippen molar-refractivity contribution in [2.24, 2.45) is 0 Å². The van der Waals surface area contributed by atoms with Crippen molar-refractivity contribution in [3.8, 4) is 0 Å². The summed E-state index contributed by atoms with van der Waals surface area (Å²) in [6, 6.07) is 0. The standard InChI is InChI=1S/C5H4N4.C5H10O4/c1-4-5(8-2-6-1)9-3-7-4;6-2-1-4(8)5(9)3-7/h1-3H,(H,6,7,8,9);2,4-5,7-9H,1,3H2. The molecule has 2 atom stereocenters. The maximum absolute atomic E-state index is 9.68. The third-order valence-corrected chi connectivity index (χ3v) is 2.07. The zero-order valence-corrected chi connectivity index (χ0v) is 9.47. The summed E-state index contributed by atoms with van der Waals surface area (Å²) >= 11 is 0. The van der Waals surface area contributed by atoms with Crippen molar-refractivity contribution >= 4 is 17.5 Å². The molecule has 0 radical (unpaired) electrons. The van der Waals surface area contributed by atoms with Crippen LogP contribution in [-0.4, -0.2) is 60.4 Å². The third-order valence-electron chi connectivity index (χ3n) is 2.07. The fourth-order valence-corrected chi connectivity index (χ4v) is 1.07. The Morgan fingerprint density at radius 3 is 2.72 bits per heavy atom.